The van der Waals surface area contributed by atoms with Gasteiger partial charge >= 0.3 is 0 Å². The largest absolute Gasteiger partial charge is 0.394 e. The van der Waals surface area contributed by atoms with Crippen molar-refractivity contribution in [1.29, 1.82) is 0 Å². The normalized spacial score (nSPS) is 24.0. The Hall–Kier alpha value is -3.58. The molecule has 0 radical (unpaired) electrons. The van der Waals surface area contributed by atoms with Gasteiger partial charge in [-0.15, -0.1) is 0 Å². The third-order valence-corrected chi connectivity index (χ3v) is 5.27. The van der Waals surface area contributed by atoms with E-state index in [1.54, 1.807) is 6.21 Å². The van der Waals surface area contributed by atoms with Gasteiger partial charge in [0.25, 0.3) is 0 Å². The van der Waals surface area contributed by atoms with Crippen molar-refractivity contribution in [2.45, 2.75) is 24.5 Å². The number of rotatable bonds is 5. The van der Waals surface area contributed by atoms with Gasteiger partial charge in [-0.2, -0.15) is 5.10 Å². The summed E-state index contributed by atoms with van der Waals surface area (Å²) in [6.45, 7) is -0.458. The Kier molecular flexibility index (Phi) is 4.75. The number of anilines is 2. The van der Waals surface area contributed by atoms with Crippen LogP contribution in [-0.4, -0.2) is 71.0 Å². The highest BCUT2D eigenvalue weighted by Crippen LogP contribution is 2.35. The maximum atomic E-state index is 10.5. The number of nitrogens with two attached hydrogens (primary N) is 1. The fourth-order valence-corrected chi connectivity index (χ4v) is 3.70. The number of ether oxygens (including phenoxy) is 1. The number of aromatic amines is 1. The van der Waals surface area contributed by atoms with Crippen molar-refractivity contribution in [3.8, 4) is 0 Å². The quantitative estimate of drug-likeness (QED) is 0.189. The number of para-hydroxylation sites is 1. The van der Waals surface area contributed by atoms with Crippen LogP contribution in [0.4, 0.5) is 11.8 Å². The average molecular weight is 424 g/mol. The molecule has 0 spiro atoms. The van der Waals surface area contributed by atoms with Crippen molar-refractivity contribution in [3.63, 3.8) is 0 Å². The molecule has 0 saturated carbocycles. The Bertz CT molecular complexity index is 1270. The van der Waals surface area contributed by atoms with Crippen LogP contribution in [0.25, 0.3) is 22.1 Å². The number of nitrogens with zero attached hydrogens (tertiary/aromatic N) is 5. The molecule has 7 N–H and O–H groups in total. The van der Waals surface area contributed by atoms with E-state index >= 15 is 0 Å². The third-order valence-electron chi connectivity index (χ3n) is 5.27. The summed E-state index contributed by atoms with van der Waals surface area (Å²) in [4.78, 5) is 15.7. The van der Waals surface area contributed by atoms with Crippen molar-refractivity contribution in [2.75, 3.05) is 17.8 Å². The molecule has 1 aliphatic heterocycles. The molecule has 3 aromatic heterocycles. The lowest BCUT2D eigenvalue weighted by molar-refractivity contribution is -0.0501. The second-order valence-corrected chi connectivity index (χ2v) is 7.12. The zero-order valence-electron chi connectivity index (χ0n) is 16.1. The van der Waals surface area contributed by atoms with Crippen LogP contribution < -0.4 is 11.2 Å². The minimum atomic E-state index is -1.33. The topological polar surface area (TPSA) is 180 Å². The molecular weight excluding hydrogens is 404 g/mol. The molecule has 0 bridgehead atoms. The van der Waals surface area contributed by atoms with Crippen molar-refractivity contribution < 1.29 is 20.1 Å². The lowest BCUT2D eigenvalue weighted by atomic mass is 10.1. The van der Waals surface area contributed by atoms with E-state index in [1.807, 2.05) is 30.5 Å². The minimum Gasteiger partial charge on any atom is -0.394 e. The van der Waals surface area contributed by atoms with E-state index in [0.29, 0.717) is 0 Å². The van der Waals surface area contributed by atoms with Gasteiger partial charge in [-0.1, -0.05) is 18.2 Å². The number of hydrazone groups is 1. The third kappa shape index (κ3) is 3.18. The summed E-state index contributed by atoms with van der Waals surface area (Å²) >= 11 is 0. The minimum absolute atomic E-state index is 0.138. The van der Waals surface area contributed by atoms with Gasteiger partial charge in [-0.05, 0) is 6.07 Å². The molecule has 1 aromatic carbocycles. The highest BCUT2D eigenvalue weighted by Gasteiger charge is 2.45. The summed E-state index contributed by atoms with van der Waals surface area (Å²) in [5, 5.41) is 35.3. The van der Waals surface area contributed by atoms with Crippen LogP contribution in [0.2, 0.25) is 0 Å². The number of nitrogen functional groups attached to an aromatic ring is 1. The SMILES string of the molecule is Nc1ncnc2c1nc(N/N=C/c1c[nH]c3ccccc13)n2[C@@H]1O[C@H](CO)[C@@H](O)[C@H]1O. The molecule has 0 aliphatic carbocycles. The fourth-order valence-electron chi connectivity index (χ4n) is 3.70. The number of nitrogens with one attached hydrogen (secondary N) is 2. The van der Waals surface area contributed by atoms with Gasteiger partial charge in [0.2, 0.25) is 5.95 Å². The highest BCUT2D eigenvalue weighted by atomic mass is 16.6. The van der Waals surface area contributed by atoms with Crippen LogP contribution >= 0.6 is 0 Å². The van der Waals surface area contributed by atoms with Gasteiger partial charge in [0.15, 0.2) is 23.2 Å². The molecule has 4 heterocycles. The number of hydrogen-bond donors (Lipinski definition) is 6. The van der Waals surface area contributed by atoms with Crippen molar-refractivity contribution in [1.82, 2.24) is 24.5 Å². The summed E-state index contributed by atoms with van der Waals surface area (Å²) in [6, 6.07) is 7.80. The Balaban J connectivity index is 1.52. The molecule has 4 aromatic rings. The van der Waals surface area contributed by atoms with Crippen molar-refractivity contribution >= 4 is 40.0 Å². The van der Waals surface area contributed by atoms with E-state index in [1.165, 1.54) is 10.9 Å². The van der Waals surface area contributed by atoms with Crippen LogP contribution in [0.15, 0.2) is 41.9 Å². The van der Waals surface area contributed by atoms with Crippen LogP contribution in [0, 0.1) is 0 Å². The number of H-pyrrole nitrogens is 1. The lowest BCUT2D eigenvalue weighted by Gasteiger charge is -2.18. The Labute approximate surface area is 175 Å². The first-order chi connectivity index (χ1) is 15.1. The van der Waals surface area contributed by atoms with Gasteiger partial charge < -0.3 is 30.8 Å². The average Bonchev–Trinajstić information content (AvgIpc) is 3.44. The van der Waals surface area contributed by atoms with Crippen LogP contribution in [0.5, 0.6) is 0 Å². The second-order valence-electron chi connectivity index (χ2n) is 7.12. The molecule has 12 heteroatoms. The molecule has 0 amide bonds. The van der Waals surface area contributed by atoms with Crippen molar-refractivity contribution in [2.24, 2.45) is 5.10 Å². The first-order valence-electron chi connectivity index (χ1n) is 9.54. The van der Waals surface area contributed by atoms with Gasteiger partial charge in [0.1, 0.15) is 24.6 Å². The Morgan fingerprint density at radius 3 is 2.90 bits per heavy atom. The molecule has 12 nitrogen and oxygen atoms in total. The smallest absolute Gasteiger partial charge is 0.228 e. The maximum absolute atomic E-state index is 10.5. The summed E-state index contributed by atoms with van der Waals surface area (Å²) in [5.74, 6) is 0.312. The predicted octanol–water partition coefficient (Wildman–Crippen LogP) is -0.0527. The van der Waals surface area contributed by atoms with E-state index in [4.69, 9.17) is 10.5 Å². The van der Waals surface area contributed by atoms with Gasteiger partial charge in [-0.3, -0.25) is 4.57 Å². The van der Waals surface area contributed by atoms with Crippen molar-refractivity contribution in [3.05, 3.63) is 42.4 Å². The van der Waals surface area contributed by atoms with E-state index in [9.17, 15) is 15.3 Å². The number of fused-ring (bicyclic) bond motifs is 2. The predicted molar refractivity (Wildman–Crippen MR) is 112 cm³/mol. The zero-order valence-corrected chi connectivity index (χ0v) is 16.1. The number of aliphatic hydroxyl groups is 3. The molecule has 1 fully saturated rings. The Morgan fingerprint density at radius 1 is 1.26 bits per heavy atom. The molecule has 1 saturated heterocycles. The number of imidazole rings is 1. The first kappa shape index (κ1) is 19.4. The summed E-state index contributed by atoms with van der Waals surface area (Å²) in [7, 11) is 0. The maximum Gasteiger partial charge on any atom is 0.228 e. The number of aliphatic hydroxyl groups excluding tert-OH is 3. The van der Waals surface area contributed by atoms with E-state index < -0.39 is 31.1 Å². The van der Waals surface area contributed by atoms with E-state index in [2.05, 4.69) is 30.5 Å². The van der Waals surface area contributed by atoms with Crippen LogP contribution in [-0.2, 0) is 4.74 Å². The highest BCUT2D eigenvalue weighted by molar-refractivity contribution is 5.99. The van der Waals surface area contributed by atoms with E-state index in [0.717, 1.165) is 16.5 Å². The van der Waals surface area contributed by atoms with E-state index in [-0.39, 0.29) is 22.9 Å². The zero-order chi connectivity index (χ0) is 21.5. The van der Waals surface area contributed by atoms with Gasteiger partial charge in [0.05, 0.1) is 12.8 Å². The van der Waals surface area contributed by atoms with Gasteiger partial charge in [0, 0.05) is 22.7 Å². The molecule has 0 unspecified atom stereocenters. The standard InChI is InChI=1S/C19H20N8O4/c20-16-13-17(23-8-22-16)27(18-15(30)14(29)12(7-28)31-18)19(25-13)26-24-6-9-5-21-11-4-2-1-3-10(9)11/h1-6,8,12,14-15,18,21,28-30H,7H2,(H,25,26)(H2,20,22,23)/b24-6+/t12-,14-,15-,18-/m1/s1. The fraction of sp³-hybridized carbons (Fsp3) is 0.263. The number of aromatic nitrogens is 5. The number of hydrogen-bond acceptors (Lipinski definition) is 10. The van der Waals surface area contributed by atoms with Crippen LogP contribution in [0.1, 0.15) is 11.8 Å². The number of benzene rings is 1. The second kappa shape index (κ2) is 7.59. The molecule has 5 rings (SSSR count). The molecule has 31 heavy (non-hydrogen) atoms. The van der Waals surface area contributed by atoms with Crippen LogP contribution in [0.3, 0.4) is 0 Å². The monoisotopic (exact) mass is 424 g/mol. The Morgan fingerprint density at radius 2 is 2.10 bits per heavy atom. The molecule has 160 valence electrons. The lowest BCUT2D eigenvalue weighted by Crippen LogP contribution is -2.33. The molecule has 1 aliphatic rings. The molecular formula is C19H20N8O4. The van der Waals surface area contributed by atoms with Gasteiger partial charge in [-0.25, -0.2) is 20.4 Å². The molecule has 4 atom stereocenters. The summed E-state index contributed by atoms with van der Waals surface area (Å²) in [6.07, 6.45) is 0.0637. The summed E-state index contributed by atoms with van der Waals surface area (Å²) in [5.41, 5.74) is 11.2. The summed E-state index contributed by atoms with van der Waals surface area (Å²) < 4.78 is 7.09. The first-order valence-corrected chi connectivity index (χ1v) is 9.54.